The number of aromatic hydroxyl groups is 2. The van der Waals surface area contributed by atoms with Crippen LogP contribution in [0, 0.1) is 13.8 Å². The van der Waals surface area contributed by atoms with Crippen LogP contribution in [0.15, 0.2) is 89.8 Å². The van der Waals surface area contributed by atoms with E-state index in [0.717, 1.165) is 33.1 Å². The lowest BCUT2D eigenvalue weighted by Gasteiger charge is -2.16. The molecular weight excluding hydrogens is 455 g/mol. The van der Waals surface area contributed by atoms with E-state index in [4.69, 9.17) is 4.55 Å². The van der Waals surface area contributed by atoms with Gasteiger partial charge < -0.3 is 10.2 Å². The minimum atomic E-state index is -4.02. The molecular formula is C26H25O5PS. The summed E-state index contributed by atoms with van der Waals surface area (Å²) in [5.74, 6) is 0.516. The summed E-state index contributed by atoms with van der Waals surface area (Å²) in [5, 5.41) is 20.1. The first-order valence-corrected chi connectivity index (χ1v) is 12.1. The molecule has 0 spiro atoms. The van der Waals surface area contributed by atoms with Gasteiger partial charge in [-0.05, 0) is 83.4 Å². The fourth-order valence-corrected chi connectivity index (χ4v) is 4.26. The number of aryl methyl sites for hydroxylation is 2. The highest BCUT2D eigenvalue weighted by Crippen LogP contribution is 2.35. The van der Waals surface area contributed by atoms with Gasteiger partial charge in [0.15, 0.2) is 0 Å². The van der Waals surface area contributed by atoms with Gasteiger partial charge in [-0.1, -0.05) is 54.1 Å². The molecule has 0 aromatic heterocycles. The summed E-state index contributed by atoms with van der Waals surface area (Å²) in [7, 11) is -1.24. The smallest absolute Gasteiger partial charge is 0.294 e. The van der Waals surface area contributed by atoms with Gasteiger partial charge in [0, 0.05) is 0 Å². The zero-order chi connectivity index (χ0) is 24.2. The van der Waals surface area contributed by atoms with Crippen molar-refractivity contribution in [2.45, 2.75) is 18.7 Å². The Hall–Kier alpha value is -3.18. The van der Waals surface area contributed by atoms with Crippen LogP contribution in [0.5, 0.6) is 11.5 Å². The van der Waals surface area contributed by atoms with E-state index in [1.54, 1.807) is 36.4 Å². The van der Waals surface area contributed by atoms with Crippen molar-refractivity contribution in [2.75, 3.05) is 0 Å². The Balaban J connectivity index is 0.000000235. The van der Waals surface area contributed by atoms with Crippen molar-refractivity contribution in [2.24, 2.45) is 0 Å². The van der Waals surface area contributed by atoms with Crippen LogP contribution in [0.3, 0.4) is 0 Å². The largest absolute Gasteiger partial charge is 0.508 e. The Morgan fingerprint density at radius 2 is 1.09 bits per heavy atom. The van der Waals surface area contributed by atoms with Crippen molar-refractivity contribution in [3.05, 3.63) is 96.1 Å². The summed E-state index contributed by atoms with van der Waals surface area (Å²) in [6.07, 6.45) is 0. The first kappa shape index (κ1) is 24.5. The Labute approximate surface area is 196 Å². The summed E-state index contributed by atoms with van der Waals surface area (Å²) in [4.78, 5) is -0.0666. The number of phenolic OH excluding ortho intramolecular Hbond substituents is 2. The number of hydrogen-bond acceptors (Lipinski definition) is 4. The molecule has 7 heteroatoms. The lowest BCUT2D eigenvalue weighted by atomic mass is 9.91. The normalized spacial score (nSPS) is 10.9. The van der Waals surface area contributed by atoms with Crippen molar-refractivity contribution in [1.29, 1.82) is 0 Å². The minimum Gasteiger partial charge on any atom is -0.508 e. The standard InChI is InChI=1S/C19H17O2P.C7H8O3S/c1-12-2-11-17(22)19(14-5-9-16(21)10-6-14)18(12)13-3-7-15(20)8-4-13;1-6-2-4-7(5-3-6)11(8,9)10/h2-11,20-21H,22H2,1H3;2-5H,1H3,(H,8,9,10). The molecule has 33 heavy (non-hydrogen) atoms. The molecule has 170 valence electrons. The van der Waals surface area contributed by atoms with Gasteiger partial charge >= 0.3 is 0 Å². The zero-order valence-electron chi connectivity index (χ0n) is 18.2. The van der Waals surface area contributed by atoms with Gasteiger partial charge in [-0.2, -0.15) is 8.42 Å². The first-order chi connectivity index (χ1) is 15.6. The molecule has 3 N–H and O–H groups in total. The zero-order valence-corrected chi connectivity index (χ0v) is 20.2. The fraction of sp³-hybridized carbons (Fsp3) is 0.0769. The third kappa shape index (κ3) is 6.20. The summed E-state index contributed by atoms with van der Waals surface area (Å²) in [6, 6.07) is 24.6. The molecule has 4 aromatic rings. The lowest BCUT2D eigenvalue weighted by molar-refractivity contribution is 0.475. The minimum absolute atomic E-state index is 0.0666. The van der Waals surface area contributed by atoms with Gasteiger partial charge in [-0.3, -0.25) is 4.55 Å². The van der Waals surface area contributed by atoms with E-state index in [0.29, 0.717) is 0 Å². The average molecular weight is 481 g/mol. The second-order valence-electron chi connectivity index (χ2n) is 7.60. The highest BCUT2D eigenvalue weighted by molar-refractivity contribution is 7.85. The Kier molecular flexibility index (Phi) is 7.54. The van der Waals surface area contributed by atoms with Crippen molar-refractivity contribution >= 4 is 24.7 Å². The van der Waals surface area contributed by atoms with Gasteiger partial charge in [0.2, 0.25) is 0 Å². The molecule has 4 rings (SSSR count). The van der Waals surface area contributed by atoms with Crippen LogP contribution >= 0.6 is 9.24 Å². The highest BCUT2D eigenvalue weighted by Gasteiger charge is 2.13. The molecule has 0 amide bonds. The van der Waals surface area contributed by atoms with Crippen LogP contribution in [0.2, 0.25) is 0 Å². The van der Waals surface area contributed by atoms with Crippen molar-refractivity contribution < 1.29 is 23.2 Å². The maximum Gasteiger partial charge on any atom is 0.294 e. The average Bonchev–Trinajstić information content (AvgIpc) is 2.77. The van der Waals surface area contributed by atoms with E-state index in [-0.39, 0.29) is 16.4 Å². The maximum atomic E-state index is 10.5. The SMILES string of the molecule is Cc1ccc(P)c(-c2ccc(O)cc2)c1-c1ccc(O)cc1.Cc1ccc(S(=O)(=O)O)cc1. The number of rotatable bonds is 3. The highest BCUT2D eigenvalue weighted by atomic mass is 32.2. The number of phenols is 2. The fourth-order valence-electron chi connectivity index (χ4n) is 3.37. The van der Waals surface area contributed by atoms with Crippen LogP contribution in [0.4, 0.5) is 0 Å². The third-order valence-corrected chi connectivity index (χ3v) is 6.43. The molecule has 0 radical (unpaired) electrons. The quantitative estimate of drug-likeness (QED) is 0.267. The second-order valence-corrected chi connectivity index (χ2v) is 9.65. The molecule has 0 aliphatic carbocycles. The Morgan fingerprint density at radius 3 is 1.55 bits per heavy atom. The molecule has 0 heterocycles. The molecule has 4 aromatic carbocycles. The Bertz CT molecular complexity index is 1280. The number of benzene rings is 4. The summed E-state index contributed by atoms with van der Waals surface area (Å²) in [5.41, 5.74) is 6.49. The Morgan fingerprint density at radius 1 is 0.636 bits per heavy atom. The topological polar surface area (TPSA) is 94.8 Å². The molecule has 5 nitrogen and oxygen atoms in total. The van der Waals surface area contributed by atoms with Gasteiger partial charge in [0.25, 0.3) is 10.1 Å². The van der Waals surface area contributed by atoms with E-state index in [1.807, 2.05) is 31.2 Å². The molecule has 0 aliphatic heterocycles. The molecule has 0 saturated carbocycles. The van der Waals surface area contributed by atoms with E-state index < -0.39 is 10.1 Å². The van der Waals surface area contributed by atoms with E-state index in [1.165, 1.54) is 17.7 Å². The third-order valence-electron chi connectivity index (χ3n) is 5.08. The summed E-state index contributed by atoms with van der Waals surface area (Å²) >= 11 is 0. The summed E-state index contributed by atoms with van der Waals surface area (Å²) in [6.45, 7) is 3.92. The van der Waals surface area contributed by atoms with Crippen LogP contribution < -0.4 is 5.30 Å². The van der Waals surface area contributed by atoms with E-state index in [2.05, 4.69) is 28.3 Å². The van der Waals surface area contributed by atoms with Gasteiger partial charge in [0.05, 0.1) is 4.90 Å². The predicted molar refractivity (Wildman–Crippen MR) is 136 cm³/mol. The molecule has 1 unspecified atom stereocenters. The van der Waals surface area contributed by atoms with Crippen LogP contribution in [0.1, 0.15) is 11.1 Å². The van der Waals surface area contributed by atoms with Crippen LogP contribution in [-0.4, -0.2) is 23.2 Å². The second kappa shape index (κ2) is 10.2. The van der Waals surface area contributed by atoms with Crippen molar-refractivity contribution in [1.82, 2.24) is 0 Å². The molecule has 0 fully saturated rings. The maximum absolute atomic E-state index is 10.5. The lowest BCUT2D eigenvalue weighted by Crippen LogP contribution is -2.01. The first-order valence-electron chi connectivity index (χ1n) is 10.1. The van der Waals surface area contributed by atoms with Gasteiger partial charge in [0.1, 0.15) is 11.5 Å². The molecule has 1 atom stereocenters. The summed E-state index contributed by atoms with van der Waals surface area (Å²) < 4.78 is 29.6. The van der Waals surface area contributed by atoms with Gasteiger partial charge in [-0.15, -0.1) is 9.24 Å². The number of hydrogen-bond donors (Lipinski definition) is 3. The molecule has 0 aliphatic rings. The molecule has 0 saturated heterocycles. The van der Waals surface area contributed by atoms with Gasteiger partial charge in [-0.25, -0.2) is 0 Å². The van der Waals surface area contributed by atoms with E-state index >= 15 is 0 Å². The van der Waals surface area contributed by atoms with Crippen molar-refractivity contribution in [3.63, 3.8) is 0 Å². The van der Waals surface area contributed by atoms with Crippen LogP contribution in [0.25, 0.3) is 22.3 Å². The predicted octanol–water partition coefficient (Wildman–Crippen LogP) is 5.48. The van der Waals surface area contributed by atoms with Crippen molar-refractivity contribution in [3.8, 4) is 33.8 Å². The van der Waals surface area contributed by atoms with Crippen LogP contribution in [-0.2, 0) is 10.1 Å². The van der Waals surface area contributed by atoms with E-state index in [9.17, 15) is 18.6 Å². The monoisotopic (exact) mass is 480 g/mol. The molecule has 0 bridgehead atoms.